The summed E-state index contributed by atoms with van der Waals surface area (Å²) in [6, 6.07) is 16.2. The van der Waals surface area contributed by atoms with Crippen molar-refractivity contribution in [3.05, 3.63) is 96.7 Å². The standard InChI is InChI=1S/C28H28F3N5OS/c1-4-35(14-15-38-3)19(2)36(24-11-9-20(10-12-24)22-6-5-13-32-17-22)18-23-8-7-21(16-25(23)29)27-33-34-28(37-27)26(30)31/h5-13,16-17,26H,2,4,14-15,18H2,1,3H3. The van der Waals surface area contributed by atoms with Gasteiger partial charge in [0, 0.05) is 48.1 Å². The third-order valence-electron chi connectivity index (χ3n) is 6.05. The second kappa shape index (κ2) is 12.6. The Hall–Kier alpha value is -3.79. The van der Waals surface area contributed by atoms with Crippen LogP contribution in [0.3, 0.4) is 0 Å². The Bertz CT molecular complexity index is 1350. The van der Waals surface area contributed by atoms with Crippen molar-refractivity contribution in [2.24, 2.45) is 0 Å². The van der Waals surface area contributed by atoms with Crippen molar-refractivity contribution < 1.29 is 17.6 Å². The molecule has 0 unspecified atom stereocenters. The van der Waals surface area contributed by atoms with Crippen LogP contribution in [0.15, 0.2) is 83.8 Å². The van der Waals surface area contributed by atoms with E-state index in [0.717, 1.165) is 41.5 Å². The molecule has 0 aliphatic heterocycles. The van der Waals surface area contributed by atoms with Gasteiger partial charge >= 0.3 is 6.43 Å². The van der Waals surface area contributed by atoms with E-state index in [0.29, 0.717) is 5.56 Å². The molecular weight excluding hydrogens is 511 g/mol. The number of rotatable bonds is 12. The molecule has 0 fully saturated rings. The molecule has 2 aromatic heterocycles. The lowest BCUT2D eigenvalue weighted by atomic mass is 10.1. The molecule has 0 radical (unpaired) electrons. The molecule has 0 spiro atoms. The van der Waals surface area contributed by atoms with Gasteiger partial charge in [0.25, 0.3) is 5.89 Å². The van der Waals surface area contributed by atoms with Gasteiger partial charge in [-0.05, 0) is 54.6 Å². The summed E-state index contributed by atoms with van der Waals surface area (Å²) >= 11 is 1.75. The first-order chi connectivity index (χ1) is 18.4. The Morgan fingerprint density at radius 3 is 2.42 bits per heavy atom. The molecule has 4 rings (SSSR count). The molecule has 4 aromatic rings. The number of benzene rings is 2. The lowest BCUT2D eigenvalue weighted by Crippen LogP contribution is -2.36. The van der Waals surface area contributed by atoms with E-state index >= 15 is 4.39 Å². The maximum Gasteiger partial charge on any atom is 0.314 e. The number of halogens is 3. The molecule has 0 aliphatic carbocycles. The summed E-state index contributed by atoms with van der Waals surface area (Å²) in [5.74, 6) is 0.196. The van der Waals surface area contributed by atoms with Crippen LogP contribution >= 0.6 is 11.8 Å². The Morgan fingerprint density at radius 2 is 1.82 bits per heavy atom. The molecule has 0 aliphatic rings. The average Bonchev–Trinajstić information content (AvgIpc) is 3.44. The highest BCUT2D eigenvalue weighted by Crippen LogP contribution is 2.30. The number of thioether (sulfide) groups is 1. The summed E-state index contributed by atoms with van der Waals surface area (Å²) < 4.78 is 45.9. The Kier molecular flexibility index (Phi) is 9.06. The van der Waals surface area contributed by atoms with E-state index in [1.165, 1.54) is 6.07 Å². The smallest absolute Gasteiger partial charge is 0.314 e. The predicted molar refractivity (Wildman–Crippen MR) is 145 cm³/mol. The summed E-state index contributed by atoms with van der Waals surface area (Å²) in [5.41, 5.74) is 3.50. The summed E-state index contributed by atoms with van der Waals surface area (Å²) in [6.07, 6.45) is 2.69. The van der Waals surface area contributed by atoms with Gasteiger partial charge in [-0.2, -0.15) is 20.5 Å². The molecule has 0 atom stereocenters. The lowest BCUT2D eigenvalue weighted by Gasteiger charge is -2.35. The van der Waals surface area contributed by atoms with Gasteiger partial charge in [0.1, 0.15) is 11.6 Å². The molecule has 38 heavy (non-hydrogen) atoms. The largest absolute Gasteiger partial charge is 0.415 e. The van der Waals surface area contributed by atoms with Crippen LogP contribution in [-0.2, 0) is 6.54 Å². The third kappa shape index (κ3) is 6.36. The first-order valence-electron chi connectivity index (χ1n) is 12.0. The summed E-state index contributed by atoms with van der Waals surface area (Å²) in [4.78, 5) is 8.31. The van der Waals surface area contributed by atoms with E-state index < -0.39 is 18.1 Å². The van der Waals surface area contributed by atoms with Crippen LogP contribution in [0.25, 0.3) is 22.6 Å². The average molecular weight is 540 g/mol. The first kappa shape index (κ1) is 27.3. The highest BCUT2D eigenvalue weighted by atomic mass is 32.2. The minimum atomic E-state index is -2.89. The summed E-state index contributed by atoms with van der Waals surface area (Å²) in [5, 5.41) is 6.93. The van der Waals surface area contributed by atoms with Crippen LogP contribution in [0, 0.1) is 5.82 Å². The molecule has 0 saturated carbocycles. The van der Waals surface area contributed by atoms with Crippen molar-refractivity contribution in [2.45, 2.75) is 19.9 Å². The highest BCUT2D eigenvalue weighted by molar-refractivity contribution is 7.98. The molecule has 6 nitrogen and oxygen atoms in total. The first-order valence-corrected chi connectivity index (χ1v) is 13.4. The molecule has 2 heterocycles. The van der Waals surface area contributed by atoms with Crippen LogP contribution in [0.4, 0.5) is 18.9 Å². The zero-order valence-electron chi connectivity index (χ0n) is 21.2. The molecule has 0 saturated heterocycles. The lowest BCUT2D eigenvalue weighted by molar-refractivity contribution is 0.116. The summed E-state index contributed by atoms with van der Waals surface area (Å²) in [7, 11) is 0. The van der Waals surface area contributed by atoms with Gasteiger partial charge in [-0.15, -0.1) is 10.2 Å². The van der Waals surface area contributed by atoms with Crippen LogP contribution in [0.1, 0.15) is 24.8 Å². The normalized spacial score (nSPS) is 11.1. The van der Waals surface area contributed by atoms with Crippen molar-refractivity contribution >= 4 is 17.4 Å². The van der Waals surface area contributed by atoms with Gasteiger partial charge in [-0.25, -0.2) is 4.39 Å². The highest BCUT2D eigenvalue weighted by Gasteiger charge is 2.21. The van der Waals surface area contributed by atoms with E-state index in [2.05, 4.69) is 39.8 Å². The zero-order valence-corrected chi connectivity index (χ0v) is 22.0. The Labute approximate surface area is 224 Å². The molecular formula is C28H28F3N5OS. The molecule has 2 aromatic carbocycles. The monoisotopic (exact) mass is 539 g/mol. The van der Waals surface area contributed by atoms with Crippen molar-refractivity contribution in [2.75, 3.05) is 30.0 Å². The second-order valence-electron chi connectivity index (χ2n) is 8.42. The van der Waals surface area contributed by atoms with Crippen LogP contribution < -0.4 is 4.90 Å². The van der Waals surface area contributed by atoms with Gasteiger partial charge < -0.3 is 14.2 Å². The van der Waals surface area contributed by atoms with Gasteiger partial charge in [-0.3, -0.25) is 4.98 Å². The summed E-state index contributed by atoms with van der Waals surface area (Å²) in [6.45, 7) is 8.16. The number of alkyl halides is 2. The number of nitrogens with zero attached hydrogens (tertiary/aromatic N) is 5. The van der Waals surface area contributed by atoms with Crippen LogP contribution in [0.5, 0.6) is 0 Å². The topological polar surface area (TPSA) is 58.3 Å². The van der Waals surface area contributed by atoms with Crippen molar-refractivity contribution in [3.63, 3.8) is 0 Å². The molecule has 0 N–H and O–H groups in total. The van der Waals surface area contributed by atoms with E-state index in [1.54, 1.807) is 36.3 Å². The fourth-order valence-corrected chi connectivity index (χ4v) is 4.36. The number of hydrogen-bond donors (Lipinski definition) is 0. The third-order valence-corrected chi connectivity index (χ3v) is 6.64. The van der Waals surface area contributed by atoms with Crippen LogP contribution in [0.2, 0.25) is 0 Å². The van der Waals surface area contributed by atoms with Gasteiger partial charge in [0.05, 0.1) is 6.54 Å². The molecule has 10 heteroatoms. The molecule has 0 bridgehead atoms. The molecule has 198 valence electrons. The van der Waals surface area contributed by atoms with Gasteiger partial charge in [0.15, 0.2) is 0 Å². The number of hydrogen-bond acceptors (Lipinski definition) is 7. The Morgan fingerprint density at radius 1 is 1.05 bits per heavy atom. The van der Waals surface area contributed by atoms with E-state index in [9.17, 15) is 8.78 Å². The molecule has 0 amide bonds. The van der Waals surface area contributed by atoms with E-state index in [4.69, 9.17) is 4.42 Å². The van der Waals surface area contributed by atoms with Gasteiger partial charge in [-0.1, -0.05) is 30.8 Å². The SMILES string of the molecule is C=C(N(CC)CCSC)N(Cc1ccc(-c2nnc(C(F)F)o2)cc1F)c1ccc(-c2cccnc2)cc1. The fourth-order valence-electron chi connectivity index (χ4n) is 3.96. The minimum Gasteiger partial charge on any atom is -0.415 e. The number of anilines is 1. The zero-order chi connectivity index (χ0) is 27.1. The quantitative estimate of drug-likeness (QED) is 0.191. The van der Waals surface area contributed by atoms with Crippen molar-refractivity contribution in [1.29, 1.82) is 0 Å². The number of pyridine rings is 1. The van der Waals surface area contributed by atoms with Gasteiger partial charge in [0.2, 0.25) is 5.89 Å². The van der Waals surface area contributed by atoms with Crippen molar-refractivity contribution in [1.82, 2.24) is 20.1 Å². The maximum absolute atomic E-state index is 15.3. The predicted octanol–water partition coefficient (Wildman–Crippen LogP) is 7.04. The number of aromatic nitrogens is 3. The van der Waals surface area contributed by atoms with E-state index in [-0.39, 0.29) is 18.0 Å². The van der Waals surface area contributed by atoms with E-state index in [1.807, 2.05) is 41.3 Å². The van der Waals surface area contributed by atoms with Crippen LogP contribution in [-0.4, -0.2) is 45.2 Å². The maximum atomic E-state index is 15.3. The fraction of sp³-hybridized carbons (Fsp3) is 0.250. The van der Waals surface area contributed by atoms with Crippen molar-refractivity contribution in [3.8, 4) is 22.6 Å². The second-order valence-corrected chi connectivity index (χ2v) is 9.40. The minimum absolute atomic E-state index is 0.160. The Balaban J connectivity index is 1.64.